The molecule has 1 unspecified atom stereocenters. The number of carbonyl (C=O) groups excluding carboxylic acids is 1. The molecule has 1 atom stereocenters. The van der Waals surface area contributed by atoms with E-state index in [1.54, 1.807) is 6.92 Å². The minimum absolute atomic E-state index is 0.207. The van der Waals surface area contributed by atoms with Crippen molar-refractivity contribution in [2.75, 3.05) is 5.32 Å². The third-order valence-electron chi connectivity index (χ3n) is 5.32. The van der Waals surface area contributed by atoms with E-state index >= 15 is 0 Å². The van der Waals surface area contributed by atoms with E-state index in [0.29, 0.717) is 10.2 Å². The first kappa shape index (κ1) is 20.0. The van der Waals surface area contributed by atoms with Gasteiger partial charge >= 0.3 is 0 Å². The zero-order chi connectivity index (χ0) is 21.3. The molecule has 1 amide bonds. The zero-order valence-corrected chi connectivity index (χ0v) is 18.0. The Kier molecular flexibility index (Phi) is 5.50. The van der Waals surface area contributed by atoms with Gasteiger partial charge in [-0.25, -0.2) is 4.98 Å². The lowest BCUT2D eigenvalue weighted by Crippen LogP contribution is -2.32. The molecule has 0 aliphatic rings. The topological polar surface area (TPSA) is 64.0 Å². The van der Waals surface area contributed by atoms with Crippen molar-refractivity contribution in [1.82, 2.24) is 9.55 Å². The van der Waals surface area contributed by atoms with Crippen LogP contribution < -0.4 is 10.9 Å². The molecule has 5 nitrogen and oxygen atoms in total. The Morgan fingerprint density at radius 2 is 1.93 bits per heavy atom. The maximum Gasteiger partial charge on any atom is 0.262 e. The molecule has 0 saturated heterocycles. The quantitative estimate of drug-likeness (QED) is 0.486. The highest BCUT2D eigenvalue weighted by Gasteiger charge is 2.20. The summed E-state index contributed by atoms with van der Waals surface area (Å²) in [6.07, 6.45) is 2.29. The van der Waals surface area contributed by atoms with Gasteiger partial charge in [0.2, 0.25) is 5.91 Å². The molecule has 0 spiro atoms. The van der Waals surface area contributed by atoms with Crippen LogP contribution in [0.1, 0.15) is 31.0 Å². The van der Waals surface area contributed by atoms with Gasteiger partial charge < -0.3 is 5.32 Å². The number of thiophene rings is 1. The molecule has 4 aromatic rings. The van der Waals surface area contributed by atoms with Crippen LogP contribution in [-0.2, 0) is 11.2 Å². The summed E-state index contributed by atoms with van der Waals surface area (Å²) >= 11 is 1.48. The number of para-hydroxylation sites is 1. The molecule has 0 aliphatic carbocycles. The van der Waals surface area contributed by atoms with Crippen molar-refractivity contribution in [3.05, 3.63) is 82.4 Å². The highest BCUT2D eigenvalue weighted by atomic mass is 32.1. The number of hydrogen-bond acceptors (Lipinski definition) is 4. The van der Waals surface area contributed by atoms with E-state index < -0.39 is 6.04 Å². The predicted octanol–water partition coefficient (Wildman–Crippen LogP) is 5.20. The molecule has 0 bridgehead atoms. The zero-order valence-electron chi connectivity index (χ0n) is 17.2. The number of aryl methyl sites for hydroxylation is 2. The Labute approximate surface area is 179 Å². The van der Waals surface area contributed by atoms with Crippen molar-refractivity contribution in [3.8, 4) is 10.4 Å². The number of amides is 1. The minimum atomic E-state index is -0.682. The molecule has 2 aromatic carbocycles. The van der Waals surface area contributed by atoms with Gasteiger partial charge in [-0.1, -0.05) is 55.5 Å². The van der Waals surface area contributed by atoms with Crippen molar-refractivity contribution in [1.29, 1.82) is 0 Å². The maximum atomic E-state index is 13.1. The average molecular weight is 418 g/mol. The fraction of sp³-hybridized carbons (Fsp3) is 0.208. The minimum Gasteiger partial charge on any atom is -0.324 e. The second-order valence-corrected chi connectivity index (χ2v) is 8.31. The fourth-order valence-electron chi connectivity index (χ4n) is 3.51. The molecular formula is C24H23N3O2S. The third-order valence-corrected chi connectivity index (χ3v) is 6.41. The first-order chi connectivity index (χ1) is 14.5. The molecule has 6 heteroatoms. The van der Waals surface area contributed by atoms with Crippen LogP contribution in [0, 0.1) is 6.92 Å². The van der Waals surface area contributed by atoms with Crippen molar-refractivity contribution in [2.24, 2.45) is 0 Å². The van der Waals surface area contributed by atoms with Gasteiger partial charge in [0.05, 0.1) is 11.7 Å². The number of carbonyl (C=O) groups is 1. The summed E-state index contributed by atoms with van der Waals surface area (Å²) in [5, 5.41) is 3.54. The standard InChI is InChI=1S/C24H23N3O2S/c1-4-17-12-8-9-15(2)21(17)26-22(28)16(3)27-14-25-23-19(24(27)29)13-20(30-23)18-10-6-5-7-11-18/h5-14,16H,4H2,1-3H3,(H,26,28). The molecule has 30 heavy (non-hydrogen) atoms. The number of fused-ring (bicyclic) bond motifs is 1. The van der Waals surface area contributed by atoms with E-state index in [9.17, 15) is 9.59 Å². The van der Waals surface area contributed by atoms with Crippen LogP contribution >= 0.6 is 11.3 Å². The molecular weight excluding hydrogens is 394 g/mol. The molecule has 0 radical (unpaired) electrons. The van der Waals surface area contributed by atoms with E-state index in [4.69, 9.17) is 0 Å². The van der Waals surface area contributed by atoms with Crippen LogP contribution in [0.3, 0.4) is 0 Å². The highest BCUT2D eigenvalue weighted by Crippen LogP contribution is 2.31. The molecule has 2 aromatic heterocycles. The Bertz CT molecular complexity index is 1270. The van der Waals surface area contributed by atoms with Crippen molar-refractivity contribution in [2.45, 2.75) is 33.2 Å². The van der Waals surface area contributed by atoms with E-state index in [2.05, 4.69) is 17.2 Å². The summed E-state index contributed by atoms with van der Waals surface area (Å²) in [5.41, 5.74) is 3.73. The van der Waals surface area contributed by atoms with E-state index in [-0.39, 0.29) is 11.5 Å². The number of nitrogens with one attached hydrogen (secondary N) is 1. The number of hydrogen-bond donors (Lipinski definition) is 1. The molecule has 0 fully saturated rings. The molecule has 1 N–H and O–H groups in total. The second kappa shape index (κ2) is 8.24. The lowest BCUT2D eigenvalue weighted by molar-refractivity contribution is -0.118. The first-order valence-electron chi connectivity index (χ1n) is 9.95. The smallest absolute Gasteiger partial charge is 0.262 e. The molecule has 0 aliphatic heterocycles. The normalized spacial score (nSPS) is 12.1. The van der Waals surface area contributed by atoms with Crippen LogP contribution in [0.25, 0.3) is 20.7 Å². The summed E-state index contributed by atoms with van der Waals surface area (Å²) in [5.74, 6) is -0.235. The molecule has 0 saturated carbocycles. The highest BCUT2D eigenvalue weighted by molar-refractivity contribution is 7.21. The number of rotatable bonds is 5. The Hall–Kier alpha value is -3.25. The average Bonchev–Trinajstić information content (AvgIpc) is 3.21. The lowest BCUT2D eigenvalue weighted by atomic mass is 10.1. The summed E-state index contributed by atoms with van der Waals surface area (Å²) < 4.78 is 1.41. The number of anilines is 1. The number of nitrogens with zero attached hydrogens (tertiary/aromatic N) is 2. The molecule has 2 heterocycles. The van der Waals surface area contributed by atoms with Gasteiger partial charge in [-0.2, -0.15) is 0 Å². The first-order valence-corrected chi connectivity index (χ1v) is 10.8. The van der Waals surface area contributed by atoms with Gasteiger partial charge in [0.1, 0.15) is 10.9 Å². The van der Waals surface area contributed by atoms with Gasteiger partial charge in [-0.3, -0.25) is 14.2 Å². The SMILES string of the molecule is CCc1cccc(C)c1NC(=O)C(C)n1cnc2sc(-c3ccccc3)cc2c1=O. The van der Waals surface area contributed by atoms with Gasteiger partial charge in [0, 0.05) is 10.6 Å². The predicted molar refractivity (Wildman–Crippen MR) is 123 cm³/mol. The molecule has 4 rings (SSSR count). The van der Waals surface area contributed by atoms with E-state index in [1.807, 2.05) is 61.5 Å². The number of aromatic nitrogens is 2. The van der Waals surface area contributed by atoms with Crippen LogP contribution in [0.4, 0.5) is 5.69 Å². The lowest BCUT2D eigenvalue weighted by Gasteiger charge is -2.18. The second-order valence-electron chi connectivity index (χ2n) is 7.28. The summed E-state index contributed by atoms with van der Waals surface area (Å²) in [6, 6.07) is 17.0. The third kappa shape index (κ3) is 3.66. The fourth-order valence-corrected chi connectivity index (χ4v) is 4.51. The summed E-state index contributed by atoms with van der Waals surface area (Å²) in [7, 11) is 0. The van der Waals surface area contributed by atoms with Gasteiger partial charge in [0.15, 0.2) is 0 Å². The summed E-state index contributed by atoms with van der Waals surface area (Å²) in [4.78, 5) is 32.2. The monoisotopic (exact) mass is 417 g/mol. The van der Waals surface area contributed by atoms with Crippen molar-refractivity contribution < 1.29 is 4.79 Å². The largest absolute Gasteiger partial charge is 0.324 e. The molecule has 152 valence electrons. The van der Waals surface area contributed by atoms with Crippen LogP contribution in [0.5, 0.6) is 0 Å². The Morgan fingerprint density at radius 3 is 2.67 bits per heavy atom. The van der Waals surface area contributed by atoms with Gasteiger partial charge in [-0.05, 0) is 43.0 Å². The van der Waals surface area contributed by atoms with Crippen LogP contribution in [0.2, 0.25) is 0 Å². The number of benzene rings is 2. The Balaban J connectivity index is 1.67. The van der Waals surface area contributed by atoms with Crippen molar-refractivity contribution >= 4 is 33.1 Å². The van der Waals surface area contributed by atoms with E-state index in [1.165, 1.54) is 22.2 Å². The van der Waals surface area contributed by atoms with Gasteiger partial charge in [-0.15, -0.1) is 11.3 Å². The van der Waals surface area contributed by atoms with Crippen LogP contribution in [-0.4, -0.2) is 15.5 Å². The maximum absolute atomic E-state index is 13.1. The van der Waals surface area contributed by atoms with E-state index in [0.717, 1.165) is 33.7 Å². The summed E-state index contributed by atoms with van der Waals surface area (Å²) in [6.45, 7) is 5.74. The Morgan fingerprint density at radius 1 is 1.17 bits per heavy atom. The van der Waals surface area contributed by atoms with Gasteiger partial charge in [0.25, 0.3) is 5.56 Å². The van der Waals surface area contributed by atoms with Crippen molar-refractivity contribution in [3.63, 3.8) is 0 Å². The van der Waals surface area contributed by atoms with Crippen LogP contribution in [0.15, 0.2) is 65.7 Å².